The molecule has 7 nitrogen and oxygen atoms in total. The molecule has 1 fully saturated rings. The number of aryl methyl sites for hydroxylation is 3. The number of ether oxygens (including phenoxy) is 1. The lowest BCUT2D eigenvalue weighted by Crippen LogP contribution is -2.49. The minimum Gasteiger partial charge on any atom is -0.469 e. The molecule has 0 unspecified atom stereocenters. The van der Waals surface area contributed by atoms with Gasteiger partial charge in [0.15, 0.2) is 0 Å². The van der Waals surface area contributed by atoms with Gasteiger partial charge < -0.3 is 23.9 Å². The molecule has 5 rings (SSSR count). The zero-order chi connectivity index (χ0) is 27.5. The van der Waals surface area contributed by atoms with Crippen LogP contribution in [0.1, 0.15) is 44.1 Å². The van der Waals surface area contributed by atoms with Gasteiger partial charge in [0, 0.05) is 75.1 Å². The molecule has 2 aromatic heterocycles. The van der Waals surface area contributed by atoms with Gasteiger partial charge in [-0.05, 0) is 56.5 Å². The highest BCUT2D eigenvalue weighted by atomic mass is 16.5. The molecular formula is C32H40N4O3. The number of hydrogen-bond acceptors (Lipinski definition) is 5. The summed E-state index contributed by atoms with van der Waals surface area (Å²) in [6, 6.07) is 14.7. The van der Waals surface area contributed by atoms with E-state index in [1.54, 1.807) is 13.4 Å². The van der Waals surface area contributed by atoms with Gasteiger partial charge in [-0.2, -0.15) is 0 Å². The van der Waals surface area contributed by atoms with E-state index in [0.29, 0.717) is 13.2 Å². The number of anilines is 1. The topological polar surface area (TPSA) is 62.9 Å². The Bertz CT molecular complexity index is 1430. The van der Waals surface area contributed by atoms with Crippen molar-refractivity contribution in [3.63, 3.8) is 0 Å². The summed E-state index contributed by atoms with van der Waals surface area (Å²) >= 11 is 0. The monoisotopic (exact) mass is 528 g/mol. The molecule has 0 radical (unpaired) electrons. The fourth-order valence-electron chi connectivity index (χ4n) is 5.62. The second-order valence-electron chi connectivity index (χ2n) is 10.6. The summed E-state index contributed by atoms with van der Waals surface area (Å²) < 4.78 is 13.3. The number of nitrogens with zero attached hydrogens (tertiary/aromatic N) is 3. The van der Waals surface area contributed by atoms with Crippen LogP contribution in [-0.2, 0) is 17.8 Å². The van der Waals surface area contributed by atoms with E-state index in [2.05, 4.69) is 65.9 Å². The molecule has 0 aliphatic carbocycles. The number of fused-ring (bicyclic) bond motifs is 1. The predicted octanol–water partition coefficient (Wildman–Crippen LogP) is 5.53. The quantitative estimate of drug-likeness (QED) is 0.309. The third kappa shape index (κ3) is 5.60. The van der Waals surface area contributed by atoms with Crippen LogP contribution in [0.25, 0.3) is 10.9 Å². The average Bonchev–Trinajstić information content (AvgIpc) is 3.40. The molecule has 0 saturated carbocycles. The number of hydrogen-bond donors (Lipinski definition) is 1. The molecule has 0 bridgehead atoms. The highest BCUT2D eigenvalue weighted by molar-refractivity contribution is 6.04. The summed E-state index contributed by atoms with van der Waals surface area (Å²) in [5, 5.41) is 4.81. The summed E-state index contributed by atoms with van der Waals surface area (Å²) in [5.41, 5.74) is 8.79. The van der Waals surface area contributed by atoms with Crippen molar-refractivity contribution in [1.82, 2.24) is 14.4 Å². The van der Waals surface area contributed by atoms with Crippen molar-refractivity contribution in [2.45, 2.75) is 40.8 Å². The van der Waals surface area contributed by atoms with E-state index in [4.69, 9.17) is 9.15 Å². The fourth-order valence-corrected chi connectivity index (χ4v) is 5.62. The summed E-state index contributed by atoms with van der Waals surface area (Å²) in [6.07, 6.45) is 1.81. The smallest absolute Gasteiger partial charge is 0.254 e. The Morgan fingerprint density at radius 1 is 1.03 bits per heavy atom. The van der Waals surface area contributed by atoms with Crippen molar-refractivity contribution in [3.05, 3.63) is 88.0 Å². The van der Waals surface area contributed by atoms with Gasteiger partial charge in [0.05, 0.1) is 24.1 Å². The van der Waals surface area contributed by atoms with Crippen LogP contribution in [0, 0.1) is 27.7 Å². The van der Waals surface area contributed by atoms with E-state index >= 15 is 0 Å². The maximum atomic E-state index is 13.8. The number of methoxy groups -OCH3 is 1. The number of nitrogens with one attached hydrogen (secondary N) is 1. The van der Waals surface area contributed by atoms with Crippen LogP contribution >= 0.6 is 0 Å². The predicted molar refractivity (Wildman–Crippen MR) is 157 cm³/mol. The zero-order valence-electron chi connectivity index (χ0n) is 23.8. The van der Waals surface area contributed by atoms with E-state index in [1.165, 1.54) is 16.8 Å². The van der Waals surface area contributed by atoms with E-state index < -0.39 is 0 Å². The Labute approximate surface area is 231 Å². The first-order valence-corrected chi connectivity index (χ1v) is 13.8. The molecule has 1 N–H and O–H groups in total. The van der Waals surface area contributed by atoms with E-state index in [1.807, 2.05) is 24.0 Å². The maximum absolute atomic E-state index is 13.8. The lowest BCUT2D eigenvalue weighted by molar-refractivity contribution is 0.0594. The number of benzene rings is 2. The van der Waals surface area contributed by atoms with E-state index in [-0.39, 0.29) is 5.91 Å². The van der Waals surface area contributed by atoms with Crippen LogP contribution in [0.4, 0.5) is 5.69 Å². The van der Waals surface area contributed by atoms with E-state index in [0.717, 1.165) is 78.3 Å². The van der Waals surface area contributed by atoms with Gasteiger partial charge in [-0.1, -0.05) is 30.3 Å². The molecule has 1 saturated heterocycles. The number of rotatable bonds is 9. The standard InChI is InChI=1S/C32H40N4O3/c1-22-21-39-25(4)29(22)19-33-30-18-27(32(37)35-13-11-34(12-14-35)15-16-38-5)17-28-23(2)24(3)36(31(28)30)20-26-9-7-6-8-10-26/h6-10,17-18,21,33H,11-16,19-20H2,1-5H3. The molecule has 206 valence electrons. The molecule has 4 aromatic rings. The first kappa shape index (κ1) is 27.0. The Morgan fingerprint density at radius 3 is 2.44 bits per heavy atom. The summed E-state index contributed by atoms with van der Waals surface area (Å²) in [4.78, 5) is 18.1. The highest BCUT2D eigenvalue weighted by Gasteiger charge is 2.25. The molecule has 1 aliphatic rings. The van der Waals surface area contributed by atoms with Crippen LogP contribution < -0.4 is 5.32 Å². The van der Waals surface area contributed by atoms with Gasteiger partial charge in [-0.3, -0.25) is 9.69 Å². The van der Waals surface area contributed by atoms with Gasteiger partial charge in [0.2, 0.25) is 0 Å². The van der Waals surface area contributed by atoms with Crippen LogP contribution in [0.2, 0.25) is 0 Å². The van der Waals surface area contributed by atoms with Crippen LogP contribution in [0.5, 0.6) is 0 Å². The molecular weight excluding hydrogens is 488 g/mol. The first-order valence-electron chi connectivity index (χ1n) is 13.8. The number of furan rings is 1. The van der Waals surface area contributed by atoms with Gasteiger partial charge in [-0.15, -0.1) is 0 Å². The molecule has 7 heteroatoms. The van der Waals surface area contributed by atoms with Gasteiger partial charge >= 0.3 is 0 Å². The molecule has 2 aromatic carbocycles. The van der Waals surface area contributed by atoms with Crippen molar-refractivity contribution in [1.29, 1.82) is 0 Å². The Hall–Kier alpha value is -3.55. The lowest BCUT2D eigenvalue weighted by atomic mass is 10.0. The molecule has 39 heavy (non-hydrogen) atoms. The van der Waals surface area contributed by atoms with Crippen molar-refractivity contribution in [2.24, 2.45) is 0 Å². The van der Waals surface area contributed by atoms with Crippen molar-refractivity contribution in [3.8, 4) is 0 Å². The molecule has 1 aliphatic heterocycles. The van der Waals surface area contributed by atoms with Gasteiger partial charge in [0.1, 0.15) is 5.76 Å². The molecule has 0 atom stereocenters. The van der Waals surface area contributed by atoms with Crippen molar-refractivity contribution < 1.29 is 13.9 Å². The van der Waals surface area contributed by atoms with E-state index in [9.17, 15) is 4.79 Å². The maximum Gasteiger partial charge on any atom is 0.254 e. The minimum atomic E-state index is 0.0925. The van der Waals surface area contributed by atoms with Crippen molar-refractivity contribution >= 4 is 22.5 Å². The van der Waals surface area contributed by atoms with Crippen molar-refractivity contribution in [2.75, 3.05) is 51.8 Å². The van der Waals surface area contributed by atoms with Gasteiger partial charge in [-0.25, -0.2) is 0 Å². The van der Waals surface area contributed by atoms with Crippen LogP contribution in [0.15, 0.2) is 53.1 Å². The lowest BCUT2D eigenvalue weighted by Gasteiger charge is -2.34. The van der Waals surface area contributed by atoms with Crippen LogP contribution in [-0.4, -0.2) is 66.7 Å². The Balaban J connectivity index is 1.51. The van der Waals surface area contributed by atoms with Crippen LogP contribution in [0.3, 0.4) is 0 Å². The fraction of sp³-hybridized carbons (Fsp3) is 0.406. The number of piperazine rings is 1. The number of carbonyl (C=O) groups is 1. The second kappa shape index (κ2) is 11.7. The first-order chi connectivity index (χ1) is 18.9. The molecule has 3 heterocycles. The third-order valence-electron chi connectivity index (χ3n) is 8.20. The summed E-state index contributed by atoms with van der Waals surface area (Å²) in [7, 11) is 1.73. The highest BCUT2D eigenvalue weighted by Crippen LogP contribution is 2.34. The Kier molecular flexibility index (Phi) is 8.10. The normalized spacial score (nSPS) is 14.3. The number of amides is 1. The Morgan fingerprint density at radius 2 is 1.77 bits per heavy atom. The van der Waals surface area contributed by atoms with Gasteiger partial charge in [0.25, 0.3) is 5.91 Å². The SMILES string of the molecule is COCCN1CCN(C(=O)c2cc(NCc3c(C)coc3C)c3c(c2)c(C)c(C)n3Cc2ccccc2)CC1. The number of aromatic nitrogens is 1. The largest absolute Gasteiger partial charge is 0.469 e. The minimum absolute atomic E-state index is 0.0925. The molecule has 0 spiro atoms. The third-order valence-corrected chi connectivity index (χ3v) is 8.20. The summed E-state index contributed by atoms with van der Waals surface area (Å²) in [6.45, 7) is 14.6. The molecule has 1 amide bonds. The second-order valence-corrected chi connectivity index (χ2v) is 10.6. The summed E-state index contributed by atoms with van der Waals surface area (Å²) in [5.74, 6) is 1.01. The zero-order valence-corrected chi connectivity index (χ0v) is 23.8. The number of carbonyl (C=O) groups excluding carboxylic acids is 1. The average molecular weight is 529 g/mol.